The molecule has 0 aliphatic heterocycles. The van der Waals surface area contributed by atoms with E-state index in [1.165, 1.54) is 12.1 Å². The average molecular weight is 332 g/mol. The summed E-state index contributed by atoms with van der Waals surface area (Å²) >= 11 is 0. The maximum absolute atomic E-state index is 11.0. The van der Waals surface area contributed by atoms with E-state index < -0.39 is 12.1 Å². The lowest BCUT2D eigenvalue weighted by atomic mass is 10.2. The Labute approximate surface area is 137 Å². The van der Waals surface area contributed by atoms with Gasteiger partial charge < -0.3 is 30.8 Å². The number of carboxylic acid groups (broad SMARTS) is 1. The van der Waals surface area contributed by atoms with Crippen LogP contribution in [-0.4, -0.2) is 30.4 Å². The number of nitrogens with two attached hydrogens (primary N) is 2. The second-order valence-electron chi connectivity index (χ2n) is 4.64. The van der Waals surface area contributed by atoms with Gasteiger partial charge in [0.2, 0.25) is 0 Å². The molecular formula is C16H16N2O6. The highest BCUT2D eigenvalue weighted by Gasteiger charge is 2.09. The predicted molar refractivity (Wildman–Crippen MR) is 85.5 cm³/mol. The van der Waals surface area contributed by atoms with Gasteiger partial charge in [-0.05, 0) is 42.5 Å². The number of anilines is 1. The molecule has 0 fully saturated rings. The average Bonchev–Trinajstić information content (AvgIpc) is 2.53. The number of benzene rings is 2. The van der Waals surface area contributed by atoms with Crippen LogP contribution in [0.4, 0.5) is 10.5 Å². The van der Waals surface area contributed by atoms with E-state index in [1.54, 1.807) is 30.3 Å². The highest BCUT2D eigenvalue weighted by atomic mass is 16.5. The number of ether oxygens (including phenoxy) is 3. The van der Waals surface area contributed by atoms with Gasteiger partial charge in [-0.25, -0.2) is 9.59 Å². The largest absolute Gasteiger partial charge is 0.490 e. The second-order valence-corrected chi connectivity index (χ2v) is 4.64. The van der Waals surface area contributed by atoms with Crippen LogP contribution in [0.1, 0.15) is 10.4 Å². The highest BCUT2D eigenvalue weighted by Crippen LogP contribution is 2.20. The summed E-state index contributed by atoms with van der Waals surface area (Å²) in [6.45, 7) is 0.450. The number of hydrogen-bond acceptors (Lipinski definition) is 6. The van der Waals surface area contributed by atoms with Crippen molar-refractivity contribution < 1.29 is 28.9 Å². The first-order chi connectivity index (χ1) is 11.5. The molecule has 0 spiro atoms. The van der Waals surface area contributed by atoms with E-state index in [2.05, 4.69) is 0 Å². The van der Waals surface area contributed by atoms with Crippen molar-refractivity contribution in [1.29, 1.82) is 0 Å². The molecule has 2 aromatic carbocycles. The van der Waals surface area contributed by atoms with Gasteiger partial charge in [0.1, 0.15) is 30.5 Å². The topological polar surface area (TPSA) is 134 Å². The third-order valence-electron chi connectivity index (χ3n) is 2.92. The molecule has 0 unspecified atom stereocenters. The lowest BCUT2D eigenvalue weighted by Gasteiger charge is -2.10. The summed E-state index contributed by atoms with van der Waals surface area (Å²) < 4.78 is 15.6. The van der Waals surface area contributed by atoms with Gasteiger partial charge >= 0.3 is 12.1 Å². The minimum Gasteiger partial charge on any atom is -0.490 e. The normalized spacial score (nSPS) is 10.0. The third kappa shape index (κ3) is 4.80. The first-order valence-electron chi connectivity index (χ1n) is 6.91. The number of carboxylic acids is 1. The number of rotatable bonds is 7. The molecule has 2 rings (SSSR count). The number of hydrogen-bond donors (Lipinski definition) is 3. The van der Waals surface area contributed by atoms with Crippen LogP contribution in [0.25, 0.3) is 0 Å². The molecular weight excluding hydrogens is 316 g/mol. The van der Waals surface area contributed by atoms with Crippen LogP contribution in [-0.2, 0) is 0 Å². The Morgan fingerprint density at radius 1 is 0.917 bits per heavy atom. The third-order valence-corrected chi connectivity index (χ3v) is 2.92. The molecule has 0 radical (unpaired) electrons. The first kappa shape index (κ1) is 16.9. The van der Waals surface area contributed by atoms with Crippen LogP contribution < -0.4 is 25.7 Å². The Hall–Kier alpha value is -3.42. The van der Waals surface area contributed by atoms with Crippen LogP contribution in [0.15, 0.2) is 42.5 Å². The molecule has 0 saturated carbocycles. The maximum Gasteiger partial charge on any atom is 0.409 e. The van der Waals surface area contributed by atoms with Crippen LogP contribution >= 0.6 is 0 Å². The lowest BCUT2D eigenvalue weighted by Crippen LogP contribution is -2.16. The van der Waals surface area contributed by atoms with Crippen molar-refractivity contribution in [1.82, 2.24) is 0 Å². The smallest absolute Gasteiger partial charge is 0.409 e. The Bertz CT molecular complexity index is 730. The van der Waals surface area contributed by atoms with E-state index in [9.17, 15) is 9.59 Å². The first-order valence-corrected chi connectivity index (χ1v) is 6.91. The summed E-state index contributed by atoms with van der Waals surface area (Å²) in [5.74, 6) is 0.135. The molecule has 0 atom stereocenters. The Balaban J connectivity index is 1.81. The highest BCUT2D eigenvalue weighted by molar-refractivity contribution is 5.94. The zero-order chi connectivity index (χ0) is 17.5. The number of aromatic carboxylic acids is 1. The van der Waals surface area contributed by atoms with Gasteiger partial charge in [0, 0.05) is 5.69 Å². The molecule has 0 aromatic heterocycles. The van der Waals surface area contributed by atoms with Crippen molar-refractivity contribution >= 4 is 17.7 Å². The van der Waals surface area contributed by atoms with Crippen molar-refractivity contribution in [2.75, 3.05) is 18.9 Å². The fraction of sp³-hybridized carbons (Fsp3) is 0.125. The molecule has 126 valence electrons. The molecule has 2 aromatic rings. The number of amides is 1. The number of nitrogen functional groups attached to an aromatic ring is 1. The van der Waals surface area contributed by atoms with Gasteiger partial charge in [-0.2, -0.15) is 0 Å². The number of carbonyl (C=O) groups is 2. The summed E-state index contributed by atoms with van der Waals surface area (Å²) in [4.78, 5) is 21.6. The second kappa shape index (κ2) is 7.73. The minimum absolute atomic E-state index is 0.0153. The van der Waals surface area contributed by atoms with Gasteiger partial charge in [-0.1, -0.05) is 0 Å². The molecule has 0 aliphatic rings. The van der Waals surface area contributed by atoms with Crippen molar-refractivity contribution in [3.63, 3.8) is 0 Å². The fourth-order valence-electron chi connectivity index (χ4n) is 1.85. The SMILES string of the molecule is NC(=O)Oc1ccc(OCCOc2ccc(N)c(C(=O)O)c2)cc1. The maximum atomic E-state index is 11.0. The van der Waals surface area contributed by atoms with Gasteiger partial charge in [0.15, 0.2) is 0 Å². The van der Waals surface area contributed by atoms with E-state index >= 15 is 0 Å². The van der Waals surface area contributed by atoms with Gasteiger partial charge in [0.25, 0.3) is 0 Å². The Morgan fingerprint density at radius 2 is 1.46 bits per heavy atom. The van der Waals surface area contributed by atoms with Crippen LogP contribution in [0.3, 0.4) is 0 Å². The van der Waals surface area contributed by atoms with Crippen LogP contribution in [0.2, 0.25) is 0 Å². The van der Waals surface area contributed by atoms with E-state index in [4.69, 9.17) is 30.8 Å². The van der Waals surface area contributed by atoms with E-state index in [0.717, 1.165) is 0 Å². The van der Waals surface area contributed by atoms with Crippen molar-refractivity contribution in [3.05, 3.63) is 48.0 Å². The lowest BCUT2D eigenvalue weighted by molar-refractivity contribution is 0.0697. The molecule has 0 aliphatic carbocycles. The van der Waals surface area contributed by atoms with E-state index in [0.29, 0.717) is 17.2 Å². The number of primary amides is 1. The van der Waals surface area contributed by atoms with Gasteiger partial charge in [0.05, 0.1) is 5.56 Å². The Morgan fingerprint density at radius 3 is 2.04 bits per heavy atom. The Kier molecular flexibility index (Phi) is 5.45. The summed E-state index contributed by atoms with van der Waals surface area (Å²) in [6, 6.07) is 10.7. The molecule has 24 heavy (non-hydrogen) atoms. The summed E-state index contributed by atoms with van der Waals surface area (Å²) in [5, 5.41) is 8.99. The van der Waals surface area contributed by atoms with Crippen molar-refractivity contribution in [2.24, 2.45) is 5.73 Å². The minimum atomic E-state index is -1.12. The standard InChI is InChI=1S/C16H16N2O6/c17-14-6-5-12(9-13(14)15(19)20)23-8-7-22-10-1-3-11(4-2-10)24-16(18)21/h1-6,9H,7-8,17H2,(H2,18,21)(H,19,20). The summed E-state index contributed by atoms with van der Waals surface area (Å²) in [7, 11) is 0. The fourth-order valence-corrected chi connectivity index (χ4v) is 1.85. The van der Waals surface area contributed by atoms with Gasteiger partial charge in [-0.15, -0.1) is 0 Å². The molecule has 1 amide bonds. The predicted octanol–water partition coefficient (Wildman–Crippen LogP) is 1.88. The zero-order valence-electron chi connectivity index (χ0n) is 12.6. The van der Waals surface area contributed by atoms with Gasteiger partial charge in [-0.3, -0.25) is 0 Å². The molecule has 8 heteroatoms. The molecule has 0 bridgehead atoms. The van der Waals surface area contributed by atoms with Crippen LogP contribution in [0, 0.1) is 0 Å². The zero-order valence-corrected chi connectivity index (χ0v) is 12.6. The molecule has 0 heterocycles. The monoisotopic (exact) mass is 332 g/mol. The van der Waals surface area contributed by atoms with E-state index in [-0.39, 0.29) is 24.5 Å². The molecule has 5 N–H and O–H groups in total. The quantitative estimate of drug-likeness (QED) is 0.520. The summed E-state index contributed by atoms with van der Waals surface area (Å²) in [6.07, 6.45) is -0.888. The van der Waals surface area contributed by atoms with Crippen LogP contribution in [0.5, 0.6) is 17.2 Å². The van der Waals surface area contributed by atoms with Crippen molar-refractivity contribution in [2.45, 2.75) is 0 Å². The van der Waals surface area contributed by atoms with Crippen molar-refractivity contribution in [3.8, 4) is 17.2 Å². The van der Waals surface area contributed by atoms with E-state index in [1.807, 2.05) is 0 Å². The summed E-state index contributed by atoms with van der Waals surface area (Å²) in [5.41, 5.74) is 10.6. The molecule has 8 nitrogen and oxygen atoms in total. The molecule has 0 saturated heterocycles. The number of carbonyl (C=O) groups excluding carboxylic acids is 1.